The van der Waals surface area contributed by atoms with E-state index in [1.54, 1.807) is 4.90 Å². The lowest BCUT2D eigenvalue weighted by molar-refractivity contribution is -0.125. The van der Waals surface area contributed by atoms with Crippen molar-refractivity contribution in [3.63, 3.8) is 0 Å². The first-order chi connectivity index (χ1) is 9.44. The van der Waals surface area contributed by atoms with Crippen LogP contribution < -0.4 is 4.90 Å². The molecule has 0 radical (unpaired) electrons. The lowest BCUT2D eigenvalue weighted by atomic mass is 9.94. The third-order valence-corrected chi connectivity index (χ3v) is 3.85. The van der Waals surface area contributed by atoms with Crippen molar-refractivity contribution in [3.05, 3.63) is 29.8 Å². The highest BCUT2D eigenvalue weighted by Gasteiger charge is 2.27. The van der Waals surface area contributed by atoms with Gasteiger partial charge in [-0.2, -0.15) is 0 Å². The predicted octanol–water partition coefficient (Wildman–Crippen LogP) is 3.93. The highest BCUT2D eigenvalue weighted by molar-refractivity contribution is 5.97. The van der Waals surface area contributed by atoms with E-state index >= 15 is 0 Å². The molecule has 0 saturated heterocycles. The van der Waals surface area contributed by atoms with E-state index in [4.69, 9.17) is 0 Å². The Morgan fingerprint density at radius 1 is 1.00 bits per heavy atom. The van der Waals surface area contributed by atoms with Gasteiger partial charge in [-0.15, -0.1) is 0 Å². The normalized spacial score (nSPS) is 12.6. The van der Waals surface area contributed by atoms with Crippen molar-refractivity contribution in [2.45, 2.75) is 53.6 Å². The van der Waals surface area contributed by atoms with Gasteiger partial charge in [0.15, 0.2) is 0 Å². The number of carbonyl (C=O) groups is 1. The van der Waals surface area contributed by atoms with Crippen molar-refractivity contribution in [1.82, 2.24) is 4.90 Å². The fourth-order valence-corrected chi connectivity index (χ4v) is 2.08. The maximum atomic E-state index is 12.5. The monoisotopic (exact) mass is 290 g/mol. The van der Waals surface area contributed by atoms with Crippen molar-refractivity contribution < 1.29 is 4.79 Å². The van der Waals surface area contributed by atoms with Gasteiger partial charge in [0.2, 0.25) is 5.91 Å². The minimum atomic E-state index is -0.377. The van der Waals surface area contributed by atoms with E-state index in [1.165, 1.54) is 5.56 Å². The zero-order chi connectivity index (χ0) is 16.4. The zero-order valence-electron chi connectivity index (χ0n) is 14.8. The fourth-order valence-electron chi connectivity index (χ4n) is 2.08. The smallest absolute Gasteiger partial charge is 0.232 e. The van der Waals surface area contributed by atoms with Crippen LogP contribution in [0.1, 0.15) is 47.1 Å². The molecule has 0 saturated carbocycles. The van der Waals surface area contributed by atoms with Crippen LogP contribution in [-0.2, 0) is 11.3 Å². The molecule has 1 rings (SSSR count). The first-order valence-corrected chi connectivity index (χ1v) is 7.52. The summed E-state index contributed by atoms with van der Waals surface area (Å²) in [4.78, 5) is 16.6. The van der Waals surface area contributed by atoms with Crippen LogP contribution in [0.5, 0.6) is 0 Å². The number of nitrogens with zero attached hydrogens (tertiary/aromatic N) is 2. The molecule has 0 aliphatic rings. The quantitative estimate of drug-likeness (QED) is 0.842. The second-order valence-electron chi connectivity index (χ2n) is 7.77. The van der Waals surface area contributed by atoms with E-state index in [0.717, 1.165) is 12.2 Å². The molecule has 1 aromatic carbocycles. The van der Waals surface area contributed by atoms with Gasteiger partial charge in [0.25, 0.3) is 0 Å². The molecule has 0 fully saturated rings. The highest BCUT2D eigenvalue weighted by Crippen LogP contribution is 2.27. The predicted molar refractivity (Wildman–Crippen MR) is 90.5 cm³/mol. The molecular formula is C18H30N2O. The van der Waals surface area contributed by atoms with Gasteiger partial charge >= 0.3 is 0 Å². The van der Waals surface area contributed by atoms with Gasteiger partial charge < -0.3 is 4.90 Å². The molecule has 1 aromatic rings. The van der Waals surface area contributed by atoms with Gasteiger partial charge in [-0.05, 0) is 39.4 Å². The van der Waals surface area contributed by atoms with Crippen molar-refractivity contribution in [3.8, 4) is 0 Å². The van der Waals surface area contributed by atoms with Crippen LogP contribution in [0.4, 0.5) is 5.69 Å². The molecular weight excluding hydrogens is 260 g/mol. The molecule has 21 heavy (non-hydrogen) atoms. The number of hydrogen-bond donors (Lipinski definition) is 0. The molecule has 0 atom stereocenters. The molecule has 118 valence electrons. The number of carbonyl (C=O) groups excluding carboxylic acids is 1. The summed E-state index contributed by atoms with van der Waals surface area (Å²) < 4.78 is 0. The maximum absolute atomic E-state index is 12.5. The largest absolute Gasteiger partial charge is 0.315 e. The Kier molecular flexibility index (Phi) is 5.21. The molecule has 0 unspecified atom stereocenters. The van der Waals surface area contributed by atoms with Crippen molar-refractivity contribution in [1.29, 1.82) is 0 Å². The van der Waals surface area contributed by atoms with E-state index in [2.05, 4.69) is 38.8 Å². The van der Waals surface area contributed by atoms with Crippen LogP contribution in [0.2, 0.25) is 0 Å². The highest BCUT2D eigenvalue weighted by atomic mass is 16.2. The van der Waals surface area contributed by atoms with Crippen LogP contribution in [0, 0.1) is 5.41 Å². The van der Waals surface area contributed by atoms with Gasteiger partial charge in [0.1, 0.15) is 0 Å². The van der Waals surface area contributed by atoms with Crippen LogP contribution >= 0.6 is 0 Å². The SMILES string of the molecule is CN(C(=O)C(C)(C)C)c1ccccc1CN(C)C(C)(C)C. The second kappa shape index (κ2) is 6.18. The molecule has 0 aromatic heterocycles. The Labute approximate surface area is 129 Å². The average molecular weight is 290 g/mol. The summed E-state index contributed by atoms with van der Waals surface area (Å²) in [5.74, 6) is 0.133. The number of amides is 1. The average Bonchev–Trinajstić information content (AvgIpc) is 2.35. The first-order valence-electron chi connectivity index (χ1n) is 7.52. The van der Waals surface area contributed by atoms with E-state index in [1.807, 2.05) is 46.0 Å². The van der Waals surface area contributed by atoms with Crippen molar-refractivity contribution in [2.24, 2.45) is 5.41 Å². The molecule has 0 aliphatic carbocycles. The van der Waals surface area contributed by atoms with E-state index in [0.29, 0.717) is 0 Å². The maximum Gasteiger partial charge on any atom is 0.232 e. The van der Waals surface area contributed by atoms with Gasteiger partial charge in [0.05, 0.1) is 0 Å². The van der Waals surface area contributed by atoms with Crippen LogP contribution in [-0.4, -0.2) is 30.4 Å². The molecule has 0 bridgehead atoms. The Bertz CT molecular complexity index is 495. The Balaban J connectivity index is 3.08. The number of anilines is 1. The second-order valence-corrected chi connectivity index (χ2v) is 7.77. The third kappa shape index (κ3) is 4.57. The lowest BCUT2D eigenvalue weighted by Gasteiger charge is -2.34. The van der Waals surface area contributed by atoms with E-state index in [-0.39, 0.29) is 16.9 Å². The summed E-state index contributed by atoms with van der Waals surface area (Å²) in [6.45, 7) is 13.3. The summed E-state index contributed by atoms with van der Waals surface area (Å²) >= 11 is 0. The van der Waals surface area contributed by atoms with Gasteiger partial charge in [-0.25, -0.2) is 0 Å². The van der Waals surface area contributed by atoms with E-state index in [9.17, 15) is 4.79 Å². The van der Waals surface area contributed by atoms with Gasteiger partial charge in [-0.1, -0.05) is 39.0 Å². The van der Waals surface area contributed by atoms with Gasteiger partial charge in [0, 0.05) is 30.2 Å². The van der Waals surface area contributed by atoms with Crippen molar-refractivity contribution in [2.75, 3.05) is 19.0 Å². The molecule has 0 N–H and O–H groups in total. The lowest BCUT2D eigenvalue weighted by Crippen LogP contribution is -2.39. The molecule has 0 spiro atoms. The summed E-state index contributed by atoms with van der Waals surface area (Å²) in [6.07, 6.45) is 0. The Morgan fingerprint density at radius 2 is 1.52 bits per heavy atom. The minimum absolute atomic E-state index is 0.0969. The fraction of sp³-hybridized carbons (Fsp3) is 0.611. The molecule has 0 heterocycles. The standard InChI is InChI=1S/C18H30N2O/c1-17(2,3)16(21)20(8)15-12-10-9-11-14(15)13-19(7)18(4,5)6/h9-12H,13H2,1-8H3. The number of para-hydroxylation sites is 1. The number of rotatable bonds is 3. The van der Waals surface area contributed by atoms with Crippen LogP contribution in [0.15, 0.2) is 24.3 Å². The molecule has 3 nitrogen and oxygen atoms in total. The van der Waals surface area contributed by atoms with E-state index < -0.39 is 0 Å². The van der Waals surface area contributed by atoms with Crippen LogP contribution in [0.25, 0.3) is 0 Å². The van der Waals surface area contributed by atoms with Crippen molar-refractivity contribution >= 4 is 11.6 Å². The Morgan fingerprint density at radius 3 is 2.00 bits per heavy atom. The Hall–Kier alpha value is -1.35. The number of benzene rings is 1. The molecule has 1 amide bonds. The van der Waals surface area contributed by atoms with Gasteiger partial charge in [-0.3, -0.25) is 9.69 Å². The summed E-state index contributed by atoms with van der Waals surface area (Å²) in [5, 5.41) is 0. The molecule has 3 heteroatoms. The summed E-state index contributed by atoms with van der Waals surface area (Å²) in [7, 11) is 3.98. The molecule has 0 aliphatic heterocycles. The first kappa shape index (κ1) is 17.7. The topological polar surface area (TPSA) is 23.6 Å². The zero-order valence-corrected chi connectivity index (χ0v) is 14.8. The summed E-state index contributed by atoms with van der Waals surface area (Å²) in [5.41, 5.74) is 1.89. The third-order valence-electron chi connectivity index (χ3n) is 3.85. The summed E-state index contributed by atoms with van der Waals surface area (Å²) in [6, 6.07) is 8.15. The van der Waals surface area contributed by atoms with Crippen LogP contribution in [0.3, 0.4) is 0 Å². The number of hydrogen-bond acceptors (Lipinski definition) is 2. The minimum Gasteiger partial charge on any atom is -0.315 e.